The van der Waals surface area contributed by atoms with Crippen molar-refractivity contribution in [2.75, 3.05) is 26.2 Å². The Bertz CT molecular complexity index is 1020. The van der Waals surface area contributed by atoms with Crippen molar-refractivity contribution in [1.82, 2.24) is 24.6 Å². The Balaban J connectivity index is 1.52. The van der Waals surface area contributed by atoms with Gasteiger partial charge >= 0.3 is 0 Å². The van der Waals surface area contributed by atoms with Crippen LogP contribution < -0.4 is 0 Å². The van der Waals surface area contributed by atoms with E-state index < -0.39 is 0 Å². The second-order valence-corrected chi connectivity index (χ2v) is 9.21. The Labute approximate surface area is 184 Å². The van der Waals surface area contributed by atoms with E-state index in [1.807, 2.05) is 58.4 Å². The average Bonchev–Trinajstić information content (AvgIpc) is 3.26. The Morgan fingerprint density at radius 1 is 1.00 bits per heavy atom. The standard InChI is InChI=1S/C25H31N5O/c1-19(20-9-8-12-26-17-20)28-13-15-29(16-14-28)24(31)22-18-30(21-10-6-5-7-11-21)27-23(22)25(2,3)4/h5-12,17-19H,13-16H2,1-4H3/t19-/m1/s1. The number of hydrogen-bond acceptors (Lipinski definition) is 4. The van der Waals surface area contributed by atoms with Gasteiger partial charge in [0, 0.05) is 56.2 Å². The summed E-state index contributed by atoms with van der Waals surface area (Å²) in [6, 6.07) is 14.3. The molecule has 4 rings (SSSR count). The van der Waals surface area contributed by atoms with Crippen LogP contribution in [0.1, 0.15) is 55.4 Å². The van der Waals surface area contributed by atoms with Gasteiger partial charge in [0.1, 0.15) is 0 Å². The van der Waals surface area contributed by atoms with E-state index in [4.69, 9.17) is 5.10 Å². The van der Waals surface area contributed by atoms with Crippen molar-refractivity contribution in [1.29, 1.82) is 0 Å². The number of nitrogens with zero attached hydrogens (tertiary/aromatic N) is 5. The number of carbonyl (C=O) groups excluding carboxylic acids is 1. The van der Waals surface area contributed by atoms with Gasteiger partial charge in [0.2, 0.25) is 0 Å². The zero-order valence-corrected chi connectivity index (χ0v) is 18.8. The summed E-state index contributed by atoms with van der Waals surface area (Å²) in [5.41, 5.74) is 3.49. The lowest BCUT2D eigenvalue weighted by atomic mass is 9.89. The molecule has 2 aromatic heterocycles. The minimum absolute atomic E-state index is 0.0702. The minimum Gasteiger partial charge on any atom is -0.336 e. The van der Waals surface area contributed by atoms with Crippen molar-refractivity contribution in [2.45, 2.75) is 39.2 Å². The van der Waals surface area contributed by atoms with Gasteiger partial charge in [-0.25, -0.2) is 4.68 Å². The third-order valence-corrected chi connectivity index (χ3v) is 5.99. The molecule has 1 aliphatic rings. The summed E-state index contributed by atoms with van der Waals surface area (Å²) in [5, 5.41) is 4.80. The highest BCUT2D eigenvalue weighted by atomic mass is 16.2. The summed E-state index contributed by atoms with van der Waals surface area (Å²) in [7, 11) is 0. The quantitative estimate of drug-likeness (QED) is 0.642. The Morgan fingerprint density at radius 3 is 2.32 bits per heavy atom. The molecule has 162 valence electrons. The summed E-state index contributed by atoms with van der Waals surface area (Å²) < 4.78 is 1.83. The van der Waals surface area contributed by atoms with E-state index in [1.54, 1.807) is 6.20 Å². The summed E-state index contributed by atoms with van der Waals surface area (Å²) in [5.74, 6) is 0.0702. The van der Waals surface area contributed by atoms with E-state index in [9.17, 15) is 4.79 Å². The number of aromatic nitrogens is 3. The van der Waals surface area contributed by atoms with Crippen LogP contribution >= 0.6 is 0 Å². The van der Waals surface area contributed by atoms with E-state index >= 15 is 0 Å². The van der Waals surface area contributed by atoms with Crippen LogP contribution in [0.3, 0.4) is 0 Å². The molecule has 3 heterocycles. The molecule has 6 nitrogen and oxygen atoms in total. The molecular weight excluding hydrogens is 386 g/mol. The second-order valence-electron chi connectivity index (χ2n) is 9.21. The highest BCUT2D eigenvalue weighted by molar-refractivity contribution is 5.95. The molecule has 3 aromatic rings. The molecule has 1 aliphatic heterocycles. The molecule has 0 unspecified atom stereocenters. The summed E-state index contributed by atoms with van der Waals surface area (Å²) in [4.78, 5) is 22.1. The fourth-order valence-electron chi connectivity index (χ4n) is 4.11. The van der Waals surface area contributed by atoms with E-state index in [-0.39, 0.29) is 17.4 Å². The molecule has 0 bridgehead atoms. The third-order valence-electron chi connectivity index (χ3n) is 5.99. The van der Waals surface area contributed by atoms with E-state index in [0.717, 1.165) is 24.5 Å². The molecule has 0 saturated carbocycles. The number of amides is 1. The van der Waals surface area contributed by atoms with Gasteiger partial charge in [0.25, 0.3) is 5.91 Å². The average molecular weight is 418 g/mol. The molecule has 6 heteroatoms. The SMILES string of the molecule is C[C@H](c1cccnc1)N1CCN(C(=O)c2cn(-c3ccccc3)nc2C(C)(C)C)CC1. The van der Waals surface area contributed by atoms with Gasteiger partial charge in [-0.15, -0.1) is 0 Å². The van der Waals surface area contributed by atoms with Crippen molar-refractivity contribution >= 4 is 5.91 Å². The molecule has 0 spiro atoms. The van der Waals surface area contributed by atoms with Crippen LogP contribution in [-0.4, -0.2) is 56.7 Å². The van der Waals surface area contributed by atoms with Crippen molar-refractivity contribution in [3.8, 4) is 5.69 Å². The van der Waals surface area contributed by atoms with Crippen LogP contribution in [0.5, 0.6) is 0 Å². The van der Waals surface area contributed by atoms with Gasteiger partial charge in [-0.3, -0.25) is 14.7 Å². The van der Waals surface area contributed by atoms with Gasteiger partial charge in [-0.1, -0.05) is 45.0 Å². The predicted octanol–water partition coefficient (Wildman–Crippen LogP) is 4.08. The van der Waals surface area contributed by atoms with Crippen molar-refractivity contribution in [3.63, 3.8) is 0 Å². The number of rotatable bonds is 4. The van der Waals surface area contributed by atoms with Crippen LogP contribution in [-0.2, 0) is 5.41 Å². The number of benzene rings is 1. The number of carbonyl (C=O) groups is 1. The number of hydrogen-bond donors (Lipinski definition) is 0. The lowest BCUT2D eigenvalue weighted by molar-refractivity contribution is 0.0579. The van der Waals surface area contributed by atoms with E-state index in [2.05, 4.69) is 43.6 Å². The zero-order valence-electron chi connectivity index (χ0n) is 18.8. The molecule has 1 aromatic carbocycles. The highest BCUT2D eigenvalue weighted by Crippen LogP contribution is 2.28. The first-order valence-electron chi connectivity index (χ1n) is 10.9. The zero-order chi connectivity index (χ0) is 22.0. The van der Waals surface area contributed by atoms with Gasteiger partial charge in [-0.2, -0.15) is 5.10 Å². The molecule has 0 radical (unpaired) electrons. The Hall–Kier alpha value is -2.99. The van der Waals surface area contributed by atoms with Crippen molar-refractivity contribution in [3.05, 3.63) is 77.9 Å². The monoisotopic (exact) mass is 417 g/mol. The smallest absolute Gasteiger partial charge is 0.257 e. The fourth-order valence-corrected chi connectivity index (χ4v) is 4.11. The Morgan fingerprint density at radius 2 is 1.71 bits per heavy atom. The van der Waals surface area contributed by atoms with Gasteiger partial charge in [-0.05, 0) is 30.7 Å². The first-order valence-corrected chi connectivity index (χ1v) is 10.9. The van der Waals surface area contributed by atoms with Crippen molar-refractivity contribution in [2.24, 2.45) is 0 Å². The predicted molar refractivity (Wildman–Crippen MR) is 122 cm³/mol. The molecular formula is C25H31N5O. The minimum atomic E-state index is -0.221. The molecule has 1 atom stereocenters. The van der Waals surface area contributed by atoms with Crippen LogP contribution in [0, 0.1) is 0 Å². The number of para-hydroxylation sites is 1. The van der Waals surface area contributed by atoms with Gasteiger partial charge < -0.3 is 4.90 Å². The maximum absolute atomic E-state index is 13.5. The second kappa shape index (κ2) is 8.63. The van der Waals surface area contributed by atoms with Crippen molar-refractivity contribution < 1.29 is 4.79 Å². The van der Waals surface area contributed by atoms with Gasteiger partial charge in [0.15, 0.2) is 0 Å². The van der Waals surface area contributed by atoms with Crippen LogP contribution in [0.25, 0.3) is 5.69 Å². The number of pyridine rings is 1. The molecule has 1 saturated heterocycles. The first-order chi connectivity index (χ1) is 14.8. The van der Waals surface area contributed by atoms with Crippen LogP contribution in [0.4, 0.5) is 0 Å². The highest BCUT2D eigenvalue weighted by Gasteiger charge is 2.31. The maximum Gasteiger partial charge on any atom is 0.257 e. The van der Waals surface area contributed by atoms with E-state index in [1.165, 1.54) is 5.56 Å². The topological polar surface area (TPSA) is 54.3 Å². The first kappa shape index (κ1) is 21.2. The third kappa shape index (κ3) is 4.54. The van der Waals surface area contributed by atoms with E-state index in [0.29, 0.717) is 18.7 Å². The normalized spacial score (nSPS) is 16.3. The molecule has 1 amide bonds. The van der Waals surface area contributed by atoms with Gasteiger partial charge in [0.05, 0.1) is 16.9 Å². The molecule has 1 fully saturated rings. The lowest BCUT2D eigenvalue weighted by Crippen LogP contribution is -2.49. The molecule has 0 aliphatic carbocycles. The molecule has 0 N–H and O–H groups in total. The Kier molecular flexibility index (Phi) is 5.92. The number of piperazine rings is 1. The summed E-state index contributed by atoms with van der Waals surface area (Å²) >= 11 is 0. The van der Waals surface area contributed by atoms with Crippen LogP contribution in [0.2, 0.25) is 0 Å². The summed E-state index contributed by atoms with van der Waals surface area (Å²) in [6.45, 7) is 11.6. The molecule has 31 heavy (non-hydrogen) atoms. The van der Waals surface area contributed by atoms with Crippen LogP contribution in [0.15, 0.2) is 61.1 Å². The largest absolute Gasteiger partial charge is 0.336 e. The summed E-state index contributed by atoms with van der Waals surface area (Å²) in [6.07, 6.45) is 5.62. The fraction of sp³-hybridized carbons (Fsp3) is 0.400. The lowest BCUT2D eigenvalue weighted by Gasteiger charge is -2.38. The maximum atomic E-state index is 13.5.